The van der Waals surface area contributed by atoms with Gasteiger partial charge in [0.1, 0.15) is 0 Å². The fourth-order valence-electron chi connectivity index (χ4n) is 9.78. The molecule has 0 fully saturated rings. The Balaban J connectivity index is 0.965. The highest BCUT2D eigenvalue weighted by molar-refractivity contribution is 7.25. The molecule has 0 atom stereocenters. The van der Waals surface area contributed by atoms with Gasteiger partial charge in [0.05, 0.1) is 16.8 Å². The van der Waals surface area contributed by atoms with Gasteiger partial charge in [-0.2, -0.15) is 0 Å². The average Bonchev–Trinajstić information content (AvgIpc) is 3.88. The topological polar surface area (TPSA) is 25.8 Å². The normalized spacial score (nSPS) is 12.6. The van der Waals surface area contributed by atoms with Crippen LogP contribution in [-0.2, 0) is 5.41 Å². The summed E-state index contributed by atoms with van der Waals surface area (Å²) in [6, 6.07) is 83.4. The molecule has 0 saturated heterocycles. The Morgan fingerprint density at radius 1 is 0.306 bits per heavy atom. The van der Waals surface area contributed by atoms with Crippen molar-refractivity contribution in [1.82, 2.24) is 9.97 Å². The van der Waals surface area contributed by atoms with Crippen LogP contribution in [0.4, 0.5) is 0 Å². The SMILES string of the molecule is c1ccc(-c2nc(-c3cccc(-c4ccc(C5(c6ccccc6)c6ccccc6-c6ccccc65)cc4)c3)cc(-c3ccccc3-c3ccc4sc5ccccc5c4c3)n2)cc1. The summed E-state index contributed by atoms with van der Waals surface area (Å²) < 4.78 is 2.60. The first-order chi connectivity index (χ1) is 30.7. The van der Waals surface area contributed by atoms with Crippen LogP contribution in [0.3, 0.4) is 0 Å². The van der Waals surface area contributed by atoms with Crippen molar-refractivity contribution < 1.29 is 0 Å². The van der Waals surface area contributed by atoms with Gasteiger partial charge >= 0.3 is 0 Å². The summed E-state index contributed by atoms with van der Waals surface area (Å²) >= 11 is 1.84. The molecule has 1 aliphatic rings. The molecule has 0 radical (unpaired) electrons. The van der Waals surface area contributed by atoms with Crippen molar-refractivity contribution in [1.29, 1.82) is 0 Å². The van der Waals surface area contributed by atoms with E-state index < -0.39 is 5.41 Å². The quantitative estimate of drug-likeness (QED) is 0.160. The summed E-state index contributed by atoms with van der Waals surface area (Å²) in [5.41, 5.74) is 16.8. The second-order valence-electron chi connectivity index (χ2n) is 16.0. The molecule has 1 aliphatic carbocycles. The molecule has 0 spiro atoms. The van der Waals surface area contributed by atoms with Crippen molar-refractivity contribution in [3.05, 3.63) is 253 Å². The first-order valence-electron chi connectivity index (χ1n) is 21.1. The van der Waals surface area contributed by atoms with Gasteiger partial charge < -0.3 is 0 Å². The highest BCUT2D eigenvalue weighted by atomic mass is 32.1. The number of hydrogen-bond acceptors (Lipinski definition) is 3. The molecule has 9 aromatic carbocycles. The molecule has 2 aromatic heterocycles. The molecule has 0 bridgehead atoms. The molecule has 3 heteroatoms. The van der Waals surface area contributed by atoms with Crippen LogP contribution in [0, 0.1) is 0 Å². The van der Waals surface area contributed by atoms with Gasteiger partial charge in [-0.1, -0.05) is 200 Å². The lowest BCUT2D eigenvalue weighted by Gasteiger charge is -2.34. The van der Waals surface area contributed by atoms with Crippen molar-refractivity contribution in [2.45, 2.75) is 5.41 Å². The minimum atomic E-state index is -0.431. The molecular formula is C59H38N2S. The Morgan fingerprint density at radius 2 is 0.855 bits per heavy atom. The van der Waals surface area contributed by atoms with E-state index in [-0.39, 0.29) is 0 Å². The second-order valence-corrected chi connectivity index (χ2v) is 17.1. The molecule has 0 unspecified atom stereocenters. The molecule has 0 aliphatic heterocycles. The van der Waals surface area contributed by atoms with E-state index in [0.29, 0.717) is 5.82 Å². The van der Waals surface area contributed by atoms with Gasteiger partial charge in [0.25, 0.3) is 0 Å². The number of rotatable bonds is 7. The number of hydrogen-bond donors (Lipinski definition) is 0. The van der Waals surface area contributed by atoms with Crippen LogP contribution in [0.25, 0.3) is 87.5 Å². The van der Waals surface area contributed by atoms with Crippen LogP contribution in [0.1, 0.15) is 22.3 Å². The number of thiophene rings is 1. The van der Waals surface area contributed by atoms with Gasteiger partial charge in [-0.05, 0) is 86.0 Å². The van der Waals surface area contributed by atoms with Crippen molar-refractivity contribution in [2.24, 2.45) is 0 Å². The van der Waals surface area contributed by atoms with E-state index >= 15 is 0 Å². The van der Waals surface area contributed by atoms with Crippen LogP contribution in [0.5, 0.6) is 0 Å². The molecule has 11 aromatic rings. The Morgan fingerprint density at radius 3 is 1.61 bits per heavy atom. The van der Waals surface area contributed by atoms with Gasteiger partial charge in [-0.15, -0.1) is 11.3 Å². The third-order valence-electron chi connectivity index (χ3n) is 12.6. The smallest absolute Gasteiger partial charge is 0.160 e. The van der Waals surface area contributed by atoms with Crippen LogP contribution in [-0.4, -0.2) is 9.97 Å². The number of nitrogens with zero attached hydrogens (tertiary/aromatic N) is 2. The summed E-state index contributed by atoms with van der Waals surface area (Å²) in [6.07, 6.45) is 0. The number of benzene rings is 9. The minimum absolute atomic E-state index is 0.431. The fourth-order valence-corrected chi connectivity index (χ4v) is 10.9. The zero-order valence-corrected chi connectivity index (χ0v) is 34.6. The lowest BCUT2D eigenvalue weighted by Crippen LogP contribution is -2.28. The molecule has 62 heavy (non-hydrogen) atoms. The summed E-state index contributed by atoms with van der Waals surface area (Å²) in [6.45, 7) is 0. The maximum absolute atomic E-state index is 5.27. The third-order valence-corrected chi connectivity index (χ3v) is 13.8. The largest absolute Gasteiger partial charge is 0.228 e. The van der Waals surface area contributed by atoms with Crippen LogP contribution in [0.15, 0.2) is 231 Å². The van der Waals surface area contributed by atoms with Gasteiger partial charge in [-0.3, -0.25) is 0 Å². The molecule has 12 rings (SSSR count). The molecule has 0 N–H and O–H groups in total. The fraction of sp³-hybridized carbons (Fsp3) is 0.0169. The zero-order chi connectivity index (χ0) is 41.0. The summed E-state index contributed by atoms with van der Waals surface area (Å²) in [4.78, 5) is 10.5. The lowest BCUT2D eigenvalue weighted by molar-refractivity contribution is 0.768. The van der Waals surface area contributed by atoms with E-state index in [1.807, 2.05) is 29.5 Å². The predicted molar refractivity (Wildman–Crippen MR) is 259 cm³/mol. The summed E-state index contributed by atoms with van der Waals surface area (Å²) in [5.74, 6) is 0.699. The van der Waals surface area contributed by atoms with E-state index in [9.17, 15) is 0 Å². The summed E-state index contributed by atoms with van der Waals surface area (Å²) in [5, 5.41) is 2.58. The molecule has 0 saturated carbocycles. The molecular weight excluding hydrogens is 769 g/mol. The van der Waals surface area contributed by atoms with Gasteiger partial charge in [-0.25, -0.2) is 9.97 Å². The van der Waals surface area contributed by atoms with Crippen molar-refractivity contribution in [3.8, 4) is 67.3 Å². The zero-order valence-electron chi connectivity index (χ0n) is 33.7. The van der Waals surface area contributed by atoms with Crippen LogP contribution in [0.2, 0.25) is 0 Å². The maximum Gasteiger partial charge on any atom is 0.160 e. The highest BCUT2D eigenvalue weighted by Crippen LogP contribution is 2.56. The molecule has 2 nitrogen and oxygen atoms in total. The predicted octanol–water partition coefficient (Wildman–Crippen LogP) is 15.5. The van der Waals surface area contributed by atoms with Gasteiger partial charge in [0.2, 0.25) is 0 Å². The average molecular weight is 807 g/mol. The minimum Gasteiger partial charge on any atom is -0.228 e. The van der Waals surface area contributed by atoms with E-state index in [1.165, 1.54) is 59.1 Å². The molecule has 290 valence electrons. The third kappa shape index (κ3) is 5.85. The molecule has 2 heterocycles. The van der Waals surface area contributed by atoms with E-state index in [1.54, 1.807) is 0 Å². The number of fused-ring (bicyclic) bond motifs is 6. The van der Waals surface area contributed by atoms with E-state index in [4.69, 9.17) is 9.97 Å². The lowest BCUT2D eigenvalue weighted by atomic mass is 9.67. The Hall–Kier alpha value is -7.72. The monoisotopic (exact) mass is 806 g/mol. The molecule has 0 amide bonds. The first kappa shape index (κ1) is 36.2. The Labute approximate surface area is 365 Å². The Bertz CT molecular complexity index is 3410. The maximum atomic E-state index is 5.27. The van der Waals surface area contributed by atoms with Crippen molar-refractivity contribution in [2.75, 3.05) is 0 Å². The number of aromatic nitrogens is 2. The van der Waals surface area contributed by atoms with Gasteiger partial charge in [0, 0.05) is 36.9 Å². The Kier molecular flexibility index (Phi) is 8.62. The first-order valence-corrected chi connectivity index (χ1v) is 22.0. The van der Waals surface area contributed by atoms with Gasteiger partial charge in [0.15, 0.2) is 5.82 Å². The van der Waals surface area contributed by atoms with E-state index in [0.717, 1.165) is 44.8 Å². The summed E-state index contributed by atoms with van der Waals surface area (Å²) in [7, 11) is 0. The van der Waals surface area contributed by atoms with E-state index in [2.05, 4.69) is 212 Å². The van der Waals surface area contributed by atoms with Crippen molar-refractivity contribution in [3.63, 3.8) is 0 Å². The second kappa shape index (κ2) is 14.8. The van der Waals surface area contributed by atoms with Crippen LogP contribution >= 0.6 is 11.3 Å². The van der Waals surface area contributed by atoms with Crippen molar-refractivity contribution >= 4 is 31.5 Å². The highest BCUT2D eigenvalue weighted by Gasteiger charge is 2.45. The standard InChI is InChI=1S/C59H38N2S/c1-3-16-40(17-4-1)58-60-54(38-55(61-58)49-25-8-7-22-46(49)42-32-35-57-51(37-42)50-26-11-14-29-56(50)62-57)43-19-15-18-41(36-43)39-30-33-45(34-31-39)59(44-20-5-2-6-21-44)52-27-12-9-23-47(52)48-24-10-13-28-53(48)59/h1-38H. The van der Waals surface area contributed by atoms with Crippen LogP contribution < -0.4 is 0 Å².